The lowest BCUT2D eigenvalue weighted by Gasteiger charge is -2.33. The molecule has 0 radical (unpaired) electrons. The van der Waals surface area contributed by atoms with Gasteiger partial charge < -0.3 is 14.7 Å². The molecular formula is C15H22ClNO2. The molecule has 1 aliphatic heterocycles. The molecule has 0 aliphatic carbocycles. The molecule has 1 aromatic carbocycles. The molecule has 1 aliphatic rings. The Kier molecular flexibility index (Phi) is 5.64. The Bertz CT molecular complexity index is 391. The second-order valence-corrected chi connectivity index (χ2v) is 5.40. The van der Waals surface area contributed by atoms with Crippen LogP contribution in [0.1, 0.15) is 31.4 Å². The maximum Gasteiger partial charge on any atom is 0.0931 e. The zero-order valence-electron chi connectivity index (χ0n) is 11.4. The van der Waals surface area contributed by atoms with Crippen molar-refractivity contribution in [2.45, 2.75) is 32.0 Å². The summed E-state index contributed by atoms with van der Waals surface area (Å²) in [6.07, 6.45) is 1.96. The average Bonchev–Trinajstić information content (AvgIpc) is 2.42. The summed E-state index contributed by atoms with van der Waals surface area (Å²) in [7, 11) is 0. The lowest BCUT2D eigenvalue weighted by atomic mass is 10.0. The highest BCUT2D eigenvalue weighted by Crippen LogP contribution is 2.24. The molecule has 1 aromatic rings. The standard InChI is InChI=1S/C15H22ClNO2/c1-2-19-12-7-9-17(10-8-12)11-15(18)13-5-3-4-6-14(13)16/h3-6,12,15,18H,2,7-11H2,1H3. The monoisotopic (exact) mass is 283 g/mol. The number of rotatable bonds is 5. The third-order valence-electron chi connectivity index (χ3n) is 3.63. The molecular weight excluding hydrogens is 262 g/mol. The summed E-state index contributed by atoms with van der Waals surface area (Å²) in [5.74, 6) is 0. The van der Waals surface area contributed by atoms with Crippen molar-refractivity contribution in [3.05, 3.63) is 34.9 Å². The summed E-state index contributed by atoms with van der Waals surface area (Å²) < 4.78 is 5.63. The summed E-state index contributed by atoms with van der Waals surface area (Å²) in [5.41, 5.74) is 0.816. The summed E-state index contributed by atoms with van der Waals surface area (Å²) in [5, 5.41) is 10.9. The second kappa shape index (κ2) is 7.25. The van der Waals surface area contributed by atoms with E-state index in [9.17, 15) is 5.11 Å². The predicted octanol–water partition coefficient (Wildman–Crippen LogP) is 2.87. The van der Waals surface area contributed by atoms with Crippen LogP contribution in [0, 0.1) is 0 Å². The van der Waals surface area contributed by atoms with Crippen molar-refractivity contribution >= 4 is 11.6 Å². The Balaban J connectivity index is 1.84. The van der Waals surface area contributed by atoms with Crippen LogP contribution in [0.2, 0.25) is 5.02 Å². The summed E-state index contributed by atoms with van der Waals surface area (Å²) in [6, 6.07) is 7.50. The van der Waals surface area contributed by atoms with Gasteiger partial charge in [-0.05, 0) is 25.8 Å². The molecule has 1 unspecified atom stereocenters. The minimum atomic E-state index is -0.516. The molecule has 106 valence electrons. The number of ether oxygens (including phenoxy) is 1. The molecule has 3 nitrogen and oxygen atoms in total. The number of benzene rings is 1. The van der Waals surface area contributed by atoms with Crippen LogP contribution < -0.4 is 0 Å². The van der Waals surface area contributed by atoms with Crippen molar-refractivity contribution < 1.29 is 9.84 Å². The van der Waals surface area contributed by atoms with Crippen LogP contribution in [0.5, 0.6) is 0 Å². The van der Waals surface area contributed by atoms with Crippen molar-refractivity contribution in [1.82, 2.24) is 4.90 Å². The number of aliphatic hydroxyl groups is 1. The zero-order valence-corrected chi connectivity index (χ0v) is 12.1. The van der Waals surface area contributed by atoms with Crippen LogP contribution in [-0.2, 0) is 4.74 Å². The van der Waals surface area contributed by atoms with E-state index in [-0.39, 0.29) is 0 Å². The van der Waals surface area contributed by atoms with Gasteiger partial charge in [-0.15, -0.1) is 0 Å². The Hall–Kier alpha value is -0.610. The molecule has 1 fully saturated rings. The van der Waals surface area contributed by atoms with E-state index in [0.29, 0.717) is 17.7 Å². The van der Waals surface area contributed by atoms with Gasteiger partial charge in [0.15, 0.2) is 0 Å². The maximum absolute atomic E-state index is 10.3. The van der Waals surface area contributed by atoms with Crippen LogP contribution in [0.15, 0.2) is 24.3 Å². The molecule has 0 saturated carbocycles. The van der Waals surface area contributed by atoms with E-state index in [1.807, 2.05) is 31.2 Å². The number of likely N-dealkylation sites (tertiary alicyclic amines) is 1. The van der Waals surface area contributed by atoms with Crippen molar-refractivity contribution in [3.63, 3.8) is 0 Å². The number of β-amino-alcohol motifs (C(OH)–C–C–N with tert-alkyl or cyclic N) is 1. The quantitative estimate of drug-likeness (QED) is 0.902. The Morgan fingerprint density at radius 3 is 2.68 bits per heavy atom. The first-order valence-electron chi connectivity index (χ1n) is 6.97. The lowest BCUT2D eigenvalue weighted by Crippen LogP contribution is -2.39. The van der Waals surface area contributed by atoms with Gasteiger partial charge in [0.1, 0.15) is 0 Å². The van der Waals surface area contributed by atoms with Crippen LogP contribution in [0.4, 0.5) is 0 Å². The van der Waals surface area contributed by atoms with Gasteiger partial charge in [0.05, 0.1) is 12.2 Å². The summed E-state index contributed by atoms with van der Waals surface area (Å²) >= 11 is 6.10. The second-order valence-electron chi connectivity index (χ2n) is 4.99. The van der Waals surface area contributed by atoms with E-state index < -0.39 is 6.10 Å². The molecule has 4 heteroatoms. The molecule has 1 N–H and O–H groups in total. The van der Waals surface area contributed by atoms with E-state index in [4.69, 9.17) is 16.3 Å². The van der Waals surface area contributed by atoms with Crippen LogP contribution >= 0.6 is 11.6 Å². The highest BCUT2D eigenvalue weighted by molar-refractivity contribution is 6.31. The smallest absolute Gasteiger partial charge is 0.0931 e. The number of nitrogens with zero attached hydrogens (tertiary/aromatic N) is 1. The number of piperidine rings is 1. The number of hydrogen-bond acceptors (Lipinski definition) is 3. The lowest BCUT2D eigenvalue weighted by molar-refractivity contribution is 0.00329. The van der Waals surface area contributed by atoms with Gasteiger partial charge in [-0.3, -0.25) is 0 Å². The van der Waals surface area contributed by atoms with Gasteiger partial charge in [0.2, 0.25) is 0 Å². The Morgan fingerprint density at radius 1 is 1.37 bits per heavy atom. The van der Waals surface area contributed by atoms with E-state index in [2.05, 4.69) is 4.90 Å². The predicted molar refractivity (Wildman–Crippen MR) is 77.5 cm³/mol. The van der Waals surface area contributed by atoms with Crippen molar-refractivity contribution in [1.29, 1.82) is 0 Å². The maximum atomic E-state index is 10.3. The average molecular weight is 284 g/mol. The highest BCUT2D eigenvalue weighted by Gasteiger charge is 2.22. The first kappa shape index (κ1) is 14.8. The molecule has 1 heterocycles. The third kappa shape index (κ3) is 4.18. The fourth-order valence-electron chi connectivity index (χ4n) is 2.58. The first-order valence-corrected chi connectivity index (χ1v) is 7.35. The van der Waals surface area contributed by atoms with Gasteiger partial charge in [-0.1, -0.05) is 29.8 Å². The van der Waals surface area contributed by atoms with Crippen LogP contribution in [-0.4, -0.2) is 42.4 Å². The Labute approximate surface area is 120 Å². The zero-order chi connectivity index (χ0) is 13.7. The SMILES string of the molecule is CCOC1CCN(CC(O)c2ccccc2Cl)CC1. The molecule has 19 heavy (non-hydrogen) atoms. The molecule has 0 aromatic heterocycles. The van der Waals surface area contributed by atoms with Crippen LogP contribution in [0.3, 0.4) is 0 Å². The Morgan fingerprint density at radius 2 is 2.05 bits per heavy atom. The van der Waals surface area contributed by atoms with Gasteiger partial charge >= 0.3 is 0 Å². The van der Waals surface area contributed by atoms with E-state index >= 15 is 0 Å². The first-order chi connectivity index (χ1) is 9.20. The largest absolute Gasteiger partial charge is 0.387 e. The minimum absolute atomic E-state index is 0.388. The van der Waals surface area contributed by atoms with Gasteiger partial charge in [-0.2, -0.15) is 0 Å². The van der Waals surface area contributed by atoms with Crippen LogP contribution in [0.25, 0.3) is 0 Å². The number of aliphatic hydroxyl groups excluding tert-OH is 1. The topological polar surface area (TPSA) is 32.7 Å². The fourth-order valence-corrected chi connectivity index (χ4v) is 2.84. The number of hydrogen-bond donors (Lipinski definition) is 1. The van der Waals surface area contributed by atoms with Gasteiger partial charge in [0, 0.05) is 36.8 Å². The van der Waals surface area contributed by atoms with Gasteiger partial charge in [0.25, 0.3) is 0 Å². The van der Waals surface area contributed by atoms with E-state index in [1.165, 1.54) is 0 Å². The molecule has 0 spiro atoms. The number of halogens is 1. The third-order valence-corrected chi connectivity index (χ3v) is 3.98. The highest BCUT2D eigenvalue weighted by atomic mass is 35.5. The minimum Gasteiger partial charge on any atom is -0.387 e. The summed E-state index contributed by atoms with van der Waals surface area (Å²) in [4.78, 5) is 2.28. The van der Waals surface area contributed by atoms with Crippen molar-refractivity contribution in [3.8, 4) is 0 Å². The molecule has 0 amide bonds. The molecule has 2 rings (SSSR count). The van der Waals surface area contributed by atoms with E-state index in [0.717, 1.165) is 38.1 Å². The van der Waals surface area contributed by atoms with Crippen molar-refractivity contribution in [2.24, 2.45) is 0 Å². The van der Waals surface area contributed by atoms with Gasteiger partial charge in [-0.25, -0.2) is 0 Å². The van der Waals surface area contributed by atoms with Crippen molar-refractivity contribution in [2.75, 3.05) is 26.2 Å². The molecule has 1 atom stereocenters. The molecule has 1 saturated heterocycles. The molecule has 0 bridgehead atoms. The normalized spacial score (nSPS) is 19.5. The fraction of sp³-hybridized carbons (Fsp3) is 0.600. The summed E-state index contributed by atoms with van der Waals surface area (Å²) in [6.45, 7) is 5.42. The van der Waals surface area contributed by atoms with E-state index in [1.54, 1.807) is 0 Å².